The zero-order valence-corrected chi connectivity index (χ0v) is 17.3. The monoisotopic (exact) mass is 431 g/mol. The van der Waals surface area contributed by atoms with Gasteiger partial charge in [0.1, 0.15) is 5.82 Å². The Morgan fingerprint density at radius 2 is 1.93 bits per heavy atom. The van der Waals surface area contributed by atoms with E-state index < -0.39 is 5.69 Å². The van der Waals surface area contributed by atoms with Gasteiger partial charge in [-0.15, -0.1) is 0 Å². The summed E-state index contributed by atoms with van der Waals surface area (Å²) < 4.78 is 3.34. The number of aromatic nitrogens is 3. The second-order valence-electron chi connectivity index (χ2n) is 6.44. The summed E-state index contributed by atoms with van der Waals surface area (Å²) in [5.41, 5.74) is 8.94. The van der Waals surface area contributed by atoms with Gasteiger partial charge in [-0.25, -0.2) is 9.78 Å². The molecule has 8 heteroatoms. The molecule has 3 N–H and O–H groups in total. The smallest absolute Gasteiger partial charge is 0.332 e. The summed E-state index contributed by atoms with van der Waals surface area (Å²) in [5.74, 6) is 0.583. The Kier molecular flexibility index (Phi) is 5.21. The average molecular weight is 432 g/mol. The molecular formula is C19H22BrN5O2. The molecule has 142 valence electrons. The SMILES string of the molecule is CCNc1nc2c(c(-c3cc(C)ccc3Br)c1CN)c(=O)n(C)c(=O)n2C. The standard InChI is InChI=1S/C19H22BrN5O2/c1-5-22-16-12(9-21)14(11-8-10(2)6-7-13(11)20)15-17(23-16)24(3)19(27)25(4)18(15)26/h6-8H,5,9,21H2,1-4H3,(H,22,23). The van der Waals surface area contributed by atoms with Crippen molar-refractivity contribution >= 4 is 32.8 Å². The molecule has 0 unspecified atom stereocenters. The minimum absolute atomic E-state index is 0.201. The van der Waals surface area contributed by atoms with Crippen LogP contribution in [-0.4, -0.2) is 20.7 Å². The largest absolute Gasteiger partial charge is 0.370 e. The molecule has 7 nitrogen and oxygen atoms in total. The highest BCUT2D eigenvalue weighted by Crippen LogP contribution is 2.37. The van der Waals surface area contributed by atoms with Crippen LogP contribution in [0.1, 0.15) is 18.1 Å². The third kappa shape index (κ3) is 3.08. The van der Waals surface area contributed by atoms with Gasteiger partial charge >= 0.3 is 5.69 Å². The number of nitrogens with two attached hydrogens (primary N) is 1. The van der Waals surface area contributed by atoms with Crippen molar-refractivity contribution in [2.75, 3.05) is 11.9 Å². The van der Waals surface area contributed by atoms with Crippen molar-refractivity contribution in [3.8, 4) is 11.1 Å². The van der Waals surface area contributed by atoms with Crippen molar-refractivity contribution in [3.63, 3.8) is 0 Å². The van der Waals surface area contributed by atoms with Crippen LogP contribution in [-0.2, 0) is 20.6 Å². The van der Waals surface area contributed by atoms with Crippen molar-refractivity contribution in [1.82, 2.24) is 14.1 Å². The fourth-order valence-electron chi connectivity index (χ4n) is 3.27. The molecule has 0 saturated heterocycles. The number of pyridine rings is 1. The first-order valence-electron chi connectivity index (χ1n) is 8.64. The minimum Gasteiger partial charge on any atom is -0.370 e. The van der Waals surface area contributed by atoms with E-state index in [4.69, 9.17) is 5.73 Å². The summed E-state index contributed by atoms with van der Waals surface area (Å²) >= 11 is 3.60. The molecule has 2 aromatic heterocycles. The number of benzene rings is 1. The Balaban J connectivity index is 2.66. The minimum atomic E-state index is -0.419. The zero-order chi connectivity index (χ0) is 19.9. The fourth-order valence-corrected chi connectivity index (χ4v) is 3.71. The van der Waals surface area contributed by atoms with E-state index in [1.165, 1.54) is 11.6 Å². The highest BCUT2D eigenvalue weighted by Gasteiger charge is 2.22. The van der Waals surface area contributed by atoms with Crippen LogP contribution in [0, 0.1) is 6.92 Å². The van der Waals surface area contributed by atoms with Gasteiger partial charge < -0.3 is 11.1 Å². The van der Waals surface area contributed by atoms with Crippen LogP contribution in [0.25, 0.3) is 22.2 Å². The van der Waals surface area contributed by atoms with Gasteiger partial charge in [-0.1, -0.05) is 33.6 Å². The maximum absolute atomic E-state index is 13.1. The molecule has 27 heavy (non-hydrogen) atoms. The van der Waals surface area contributed by atoms with Crippen molar-refractivity contribution in [3.05, 3.63) is 54.6 Å². The quantitative estimate of drug-likeness (QED) is 0.660. The number of aryl methyl sites for hydroxylation is 2. The molecule has 0 amide bonds. The molecule has 0 aliphatic rings. The molecule has 0 aliphatic heterocycles. The lowest BCUT2D eigenvalue weighted by Crippen LogP contribution is -2.38. The van der Waals surface area contributed by atoms with E-state index >= 15 is 0 Å². The number of halogens is 1. The molecule has 0 aliphatic carbocycles. The zero-order valence-electron chi connectivity index (χ0n) is 15.8. The maximum Gasteiger partial charge on any atom is 0.332 e. The Labute approximate surface area is 165 Å². The highest BCUT2D eigenvalue weighted by atomic mass is 79.9. The Hall–Kier alpha value is -2.45. The van der Waals surface area contributed by atoms with Crippen molar-refractivity contribution in [2.45, 2.75) is 20.4 Å². The summed E-state index contributed by atoms with van der Waals surface area (Å²) in [6.45, 7) is 4.78. The average Bonchev–Trinajstić information content (AvgIpc) is 2.65. The summed E-state index contributed by atoms with van der Waals surface area (Å²) in [7, 11) is 3.09. The van der Waals surface area contributed by atoms with Crippen molar-refractivity contribution < 1.29 is 0 Å². The maximum atomic E-state index is 13.1. The molecule has 0 spiro atoms. The molecule has 0 radical (unpaired) electrons. The third-order valence-corrected chi connectivity index (χ3v) is 5.32. The molecule has 2 heterocycles. The van der Waals surface area contributed by atoms with E-state index in [9.17, 15) is 9.59 Å². The van der Waals surface area contributed by atoms with E-state index in [-0.39, 0.29) is 12.1 Å². The lowest BCUT2D eigenvalue weighted by molar-refractivity contribution is 0.707. The van der Waals surface area contributed by atoms with Crippen LogP contribution in [0.15, 0.2) is 32.3 Å². The predicted octanol–water partition coefficient (Wildman–Crippen LogP) is 2.26. The van der Waals surface area contributed by atoms with Crippen molar-refractivity contribution in [2.24, 2.45) is 19.8 Å². The Morgan fingerprint density at radius 1 is 1.22 bits per heavy atom. The van der Waals surface area contributed by atoms with Gasteiger partial charge in [0.2, 0.25) is 0 Å². The number of rotatable bonds is 4. The summed E-state index contributed by atoms with van der Waals surface area (Å²) in [6, 6.07) is 5.92. The van der Waals surface area contributed by atoms with E-state index in [1.807, 2.05) is 32.0 Å². The summed E-state index contributed by atoms with van der Waals surface area (Å²) in [6.07, 6.45) is 0. The van der Waals surface area contributed by atoms with Gasteiger partial charge in [-0.3, -0.25) is 13.9 Å². The third-order valence-electron chi connectivity index (χ3n) is 4.63. The first-order valence-corrected chi connectivity index (χ1v) is 9.44. The number of anilines is 1. The molecule has 0 saturated carbocycles. The summed E-state index contributed by atoms with van der Waals surface area (Å²) in [5, 5.41) is 3.60. The molecule has 3 aromatic rings. The van der Waals surface area contributed by atoms with E-state index in [0.717, 1.165) is 25.7 Å². The first kappa shape index (κ1) is 19.3. The van der Waals surface area contributed by atoms with Crippen LogP contribution < -0.4 is 22.3 Å². The topological polar surface area (TPSA) is 94.9 Å². The first-order chi connectivity index (χ1) is 12.8. The van der Waals surface area contributed by atoms with Gasteiger partial charge in [0.05, 0.1) is 5.39 Å². The highest BCUT2D eigenvalue weighted by molar-refractivity contribution is 9.10. The van der Waals surface area contributed by atoms with Gasteiger partial charge in [-0.2, -0.15) is 0 Å². The summed E-state index contributed by atoms with van der Waals surface area (Å²) in [4.78, 5) is 30.1. The molecule has 0 fully saturated rings. The van der Waals surface area contributed by atoms with Crippen LogP contribution in [0.3, 0.4) is 0 Å². The number of nitrogens with one attached hydrogen (secondary N) is 1. The molecule has 0 atom stereocenters. The van der Waals surface area contributed by atoms with Crippen LogP contribution in [0.2, 0.25) is 0 Å². The van der Waals surface area contributed by atoms with Gasteiger partial charge in [0.15, 0.2) is 5.65 Å². The molecule has 3 rings (SSSR count). The number of hydrogen-bond donors (Lipinski definition) is 2. The number of hydrogen-bond acceptors (Lipinski definition) is 5. The molecule has 0 bridgehead atoms. The Bertz CT molecular complexity index is 1160. The number of nitrogens with zero attached hydrogens (tertiary/aromatic N) is 3. The van der Waals surface area contributed by atoms with E-state index in [2.05, 4.69) is 26.2 Å². The van der Waals surface area contributed by atoms with E-state index in [1.54, 1.807) is 7.05 Å². The van der Waals surface area contributed by atoms with Crippen molar-refractivity contribution in [1.29, 1.82) is 0 Å². The lowest BCUT2D eigenvalue weighted by Gasteiger charge is -2.19. The van der Waals surface area contributed by atoms with Gasteiger partial charge in [0.25, 0.3) is 5.56 Å². The number of fused-ring (bicyclic) bond motifs is 1. The normalized spacial score (nSPS) is 11.2. The fraction of sp³-hybridized carbons (Fsp3) is 0.316. The van der Waals surface area contributed by atoms with Crippen LogP contribution >= 0.6 is 15.9 Å². The second-order valence-corrected chi connectivity index (χ2v) is 7.29. The molecular weight excluding hydrogens is 410 g/mol. The van der Waals surface area contributed by atoms with Crippen LogP contribution in [0.4, 0.5) is 5.82 Å². The molecule has 1 aromatic carbocycles. The lowest BCUT2D eigenvalue weighted by atomic mass is 9.96. The van der Waals surface area contributed by atoms with Gasteiger partial charge in [0, 0.05) is 42.8 Å². The van der Waals surface area contributed by atoms with E-state index in [0.29, 0.717) is 29.0 Å². The predicted molar refractivity (Wildman–Crippen MR) is 112 cm³/mol. The Morgan fingerprint density at radius 3 is 2.56 bits per heavy atom. The van der Waals surface area contributed by atoms with Gasteiger partial charge in [-0.05, 0) is 25.5 Å². The second kappa shape index (κ2) is 7.28. The van der Waals surface area contributed by atoms with Crippen LogP contribution in [0.5, 0.6) is 0 Å².